The van der Waals surface area contributed by atoms with Gasteiger partial charge in [0.15, 0.2) is 0 Å². The number of hydrazine groups is 1. The molecule has 0 atom stereocenters. The van der Waals surface area contributed by atoms with Crippen LogP contribution in [0.2, 0.25) is 0 Å². The minimum absolute atomic E-state index is 0.768. The van der Waals surface area contributed by atoms with E-state index in [4.69, 9.17) is 4.74 Å². The molecule has 0 amide bonds. The van der Waals surface area contributed by atoms with Gasteiger partial charge in [0, 0.05) is 12.2 Å². The minimum atomic E-state index is 0.768. The lowest BCUT2D eigenvalue weighted by Gasteiger charge is -2.09. The second kappa shape index (κ2) is 8.23. The molecule has 3 heteroatoms. The number of para-hydroxylation sites is 1. The van der Waals surface area contributed by atoms with Gasteiger partial charge >= 0.3 is 0 Å². The van der Waals surface area contributed by atoms with E-state index in [-0.39, 0.29) is 0 Å². The summed E-state index contributed by atoms with van der Waals surface area (Å²) in [6.45, 7) is 3.73. The molecular weight excluding hydrogens is 248 g/mol. The highest BCUT2D eigenvalue weighted by Gasteiger charge is 1.96. The van der Waals surface area contributed by atoms with Crippen molar-refractivity contribution in [3.8, 4) is 5.75 Å². The van der Waals surface area contributed by atoms with E-state index >= 15 is 0 Å². The van der Waals surface area contributed by atoms with Gasteiger partial charge in [0.05, 0.1) is 6.61 Å². The van der Waals surface area contributed by atoms with Gasteiger partial charge in [-0.05, 0) is 36.2 Å². The summed E-state index contributed by atoms with van der Waals surface area (Å²) < 4.78 is 5.64. The summed E-state index contributed by atoms with van der Waals surface area (Å²) in [5, 5.41) is 0. The van der Waals surface area contributed by atoms with Crippen LogP contribution in [-0.2, 0) is 6.54 Å². The summed E-state index contributed by atoms with van der Waals surface area (Å²) in [5.41, 5.74) is 8.65. The third-order valence-corrected chi connectivity index (χ3v) is 2.99. The average Bonchev–Trinajstić information content (AvgIpc) is 2.50. The normalized spacial score (nSPS) is 10.2. The fourth-order valence-electron chi connectivity index (χ4n) is 1.81. The molecule has 2 aromatic rings. The number of hydrogen-bond acceptors (Lipinski definition) is 3. The van der Waals surface area contributed by atoms with Crippen molar-refractivity contribution in [3.05, 3.63) is 60.2 Å². The maximum atomic E-state index is 5.64. The summed E-state index contributed by atoms with van der Waals surface area (Å²) in [7, 11) is 0. The van der Waals surface area contributed by atoms with Crippen LogP contribution in [0.15, 0.2) is 54.6 Å². The first-order valence-corrected chi connectivity index (χ1v) is 7.14. The largest absolute Gasteiger partial charge is 0.494 e. The Morgan fingerprint density at radius 1 is 0.950 bits per heavy atom. The van der Waals surface area contributed by atoms with E-state index in [1.54, 1.807) is 0 Å². The van der Waals surface area contributed by atoms with Crippen LogP contribution < -0.4 is 15.6 Å². The summed E-state index contributed by atoms with van der Waals surface area (Å²) in [6, 6.07) is 18.3. The van der Waals surface area contributed by atoms with Gasteiger partial charge < -0.3 is 10.2 Å². The topological polar surface area (TPSA) is 33.3 Å². The average molecular weight is 270 g/mol. The molecule has 0 saturated carbocycles. The van der Waals surface area contributed by atoms with E-state index in [2.05, 4.69) is 29.9 Å². The first-order chi connectivity index (χ1) is 9.88. The highest BCUT2D eigenvalue weighted by Crippen LogP contribution is 2.12. The van der Waals surface area contributed by atoms with Crippen molar-refractivity contribution in [3.63, 3.8) is 0 Å². The van der Waals surface area contributed by atoms with Gasteiger partial charge in [0.1, 0.15) is 5.75 Å². The molecule has 0 aliphatic rings. The smallest absolute Gasteiger partial charge is 0.119 e. The van der Waals surface area contributed by atoms with Crippen LogP contribution in [0.4, 0.5) is 5.69 Å². The van der Waals surface area contributed by atoms with Crippen LogP contribution in [0.1, 0.15) is 25.3 Å². The number of rotatable bonds is 8. The zero-order valence-electron chi connectivity index (χ0n) is 11.9. The van der Waals surface area contributed by atoms with E-state index in [0.717, 1.165) is 37.4 Å². The zero-order chi connectivity index (χ0) is 14.0. The first kappa shape index (κ1) is 14.4. The van der Waals surface area contributed by atoms with Gasteiger partial charge in [-0.3, -0.25) is 0 Å². The van der Waals surface area contributed by atoms with Gasteiger partial charge in [-0.1, -0.05) is 43.7 Å². The minimum Gasteiger partial charge on any atom is -0.494 e. The predicted octanol–water partition coefficient (Wildman–Crippen LogP) is 3.98. The molecule has 0 saturated heterocycles. The molecule has 0 aliphatic heterocycles. The van der Waals surface area contributed by atoms with Crippen LogP contribution in [0.5, 0.6) is 5.75 Å². The summed E-state index contributed by atoms with van der Waals surface area (Å²) >= 11 is 0. The van der Waals surface area contributed by atoms with Crippen LogP contribution in [0, 0.1) is 0 Å². The number of anilines is 1. The summed E-state index contributed by atoms with van der Waals surface area (Å²) in [5.74, 6) is 0.943. The maximum absolute atomic E-state index is 5.64. The lowest BCUT2D eigenvalue weighted by molar-refractivity contribution is 0.309. The van der Waals surface area contributed by atoms with Crippen molar-refractivity contribution in [1.29, 1.82) is 0 Å². The molecule has 0 aromatic heterocycles. The van der Waals surface area contributed by atoms with E-state index in [0.29, 0.717) is 0 Å². The monoisotopic (exact) mass is 270 g/mol. The molecule has 20 heavy (non-hydrogen) atoms. The lowest BCUT2D eigenvalue weighted by Crippen LogP contribution is -2.20. The number of unbranched alkanes of at least 4 members (excludes halogenated alkanes) is 1. The Morgan fingerprint density at radius 3 is 2.40 bits per heavy atom. The highest BCUT2D eigenvalue weighted by molar-refractivity contribution is 5.41. The van der Waals surface area contributed by atoms with Gasteiger partial charge in [0.2, 0.25) is 0 Å². The van der Waals surface area contributed by atoms with Crippen molar-refractivity contribution < 1.29 is 4.74 Å². The van der Waals surface area contributed by atoms with Crippen molar-refractivity contribution in [1.82, 2.24) is 5.43 Å². The molecule has 0 fully saturated rings. The lowest BCUT2D eigenvalue weighted by atomic mass is 10.2. The molecule has 2 aromatic carbocycles. The Balaban J connectivity index is 1.73. The van der Waals surface area contributed by atoms with E-state index in [9.17, 15) is 0 Å². The third kappa shape index (κ3) is 4.94. The number of ether oxygens (including phenoxy) is 1. The highest BCUT2D eigenvalue weighted by atomic mass is 16.5. The number of nitrogens with one attached hydrogen (secondary N) is 2. The zero-order valence-corrected chi connectivity index (χ0v) is 11.9. The van der Waals surface area contributed by atoms with Gasteiger partial charge in [-0.25, -0.2) is 5.43 Å². The SMILES string of the molecule is CCCCOc1ccc(CNNc2ccccc2)cc1. The molecule has 2 N–H and O–H groups in total. The Kier molecular flexibility index (Phi) is 5.93. The van der Waals surface area contributed by atoms with Crippen molar-refractivity contribution in [2.24, 2.45) is 0 Å². The third-order valence-electron chi connectivity index (χ3n) is 2.99. The molecule has 2 rings (SSSR count). The van der Waals surface area contributed by atoms with Crippen molar-refractivity contribution >= 4 is 5.69 Å². The Labute approximate surface area is 120 Å². The van der Waals surface area contributed by atoms with Crippen LogP contribution in [-0.4, -0.2) is 6.61 Å². The van der Waals surface area contributed by atoms with Crippen molar-refractivity contribution in [2.45, 2.75) is 26.3 Å². The Hall–Kier alpha value is -2.00. The standard InChI is InChI=1S/C17H22N2O/c1-2-3-13-20-17-11-9-15(10-12-17)14-18-19-16-7-5-4-6-8-16/h4-12,18-19H,2-3,13-14H2,1H3. The van der Waals surface area contributed by atoms with Gasteiger partial charge in [-0.15, -0.1) is 0 Å². The van der Waals surface area contributed by atoms with Crippen LogP contribution in [0.25, 0.3) is 0 Å². The molecule has 0 bridgehead atoms. The first-order valence-electron chi connectivity index (χ1n) is 7.14. The number of hydrogen-bond donors (Lipinski definition) is 2. The molecule has 0 heterocycles. The fraction of sp³-hybridized carbons (Fsp3) is 0.294. The predicted molar refractivity (Wildman–Crippen MR) is 83.7 cm³/mol. The molecule has 0 unspecified atom stereocenters. The van der Waals surface area contributed by atoms with E-state index < -0.39 is 0 Å². The van der Waals surface area contributed by atoms with E-state index in [1.165, 1.54) is 5.56 Å². The Morgan fingerprint density at radius 2 is 1.70 bits per heavy atom. The Bertz CT molecular complexity index is 482. The van der Waals surface area contributed by atoms with Gasteiger partial charge in [0.25, 0.3) is 0 Å². The van der Waals surface area contributed by atoms with Crippen LogP contribution >= 0.6 is 0 Å². The van der Waals surface area contributed by atoms with E-state index in [1.807, 2.05) is 42.5 Å². The molecule has 106 valence electrons. The number of benzene rings is 2. The van der Waals surface area contributed by atoms with Gasteiger partial charge in [-0.2, -0.15) is 0 Å². The maximum Gasteiger partial charge on any atom is 0.119 e. The fourth-order valence-corrected chi connectivity index (χ4v) is 1.81. The van der Waals surface area contributed by atoms with Crippen LogP contribution in [0.3, 0.4) is 0 Å². The summed E-state index contributed by atoms with van der Waals surface area (Å²) in [6.07, 6.45) is 2.26. The summed E-state index contributed by atoms with van der Waals surface area (Å²) in [4.78, 5) is 0. The second-order valence-electron chi connectivity index (χ2n) is 4.69. The molecule has 0 radical (unpaired) electrons. The van der Waals surface area contributed by atoms with Crippen molar-refractivity contribution in [2.75, 3.05) is 12.0 Å². The second-order valence-corrected chi connectivity index (χ2v) is 4.69. The molecule has 3 nitrogen and oxygen atoms in total. The quantitative estimate of drug-likeness (QED) is 0.562. The molecule has 0 aliphatic carbocycles. The molecular formula is C17H22N2O. The molecule has 0 spiro atoms.